The van der Waals surface area contributed by atoms with Gasteiger partial charge < -0.3 is 0 Å². The summed E-state index contributed by atoms with van der Waals surface area (Å²) in [6, 6.07) is 9.88. The number of rotatable bonds is 2. The van der Waals surface area contributed by atoms with E-state index in [0.29, 0.717) is 0 Å². The third-order valence-electron chi connectivity index (χ3n) is 0.918. The zero-order valence-corrected chi connectivity index (χ0v) is 8.22. The van der Waals surface area contributed by atoms with E-state index in [0.717, 1.165) is 4.90 Å². The third-order valence-corrected chi connectivity index (χ3v) is 3.83. The van der Waals surface area contributed by atoms with E-state index in [1.165, 1.54) is 11.4 Å². The van der Waals surface area contributed by atoms with Gasteiger partial charge in [-0.3, -0.25) is 0 Å². The molecule has 1 aromatic carbocycles. The Hall–Kier alpha value is 0.580. The molecule has 0 heterocycles. The van der Waals surface area contributed by atoms with Crippen LogP contribution in [0.2, 0.25) is 0 Å². The molecule has 0 aromatic heterocycles. The van der Waals surface area contributed by atoms with Gasteiger partial charge in [0.15, 0.2) is 0 Å². The van der Waals surface area contributed by atoms with Crippen LogP contribution in [0, 0.1) is 0 Å². The number of benzene rings is 1. The van der Waals surface area contributed by atoms with Gasteiger partial charge in [0.05, 0.1) is 0 Å². The molecule has 0 bridgehead atoms. The summed E-state index contributed by atoms with van der Waals surface area (Å²) < 4.78 is 0. The summed E-state index contributed by atoms with van der Waals surface area (Å²) in [5.41, 5.74) is 0. The average Bonchev–Trinajstić information content (AvgIpc) is 1.88. The van der Waals surface area contributed by atoms with Crippen LogP contribution in [0.25, 0.3) is 0 Å². The monoisotopic (exact) mass is 210 g/mol. The van der Waals surface area contributed by atoms with Crippen molar-refractivity contribution in [3.05, 3.63) is 30.3 Å². The van der Waals surface area contributed by atoms with Crippen molar-refractivity contribution in [2.45, 2.75) is 4.90 Å². The maximum Gasteiger partial charge on any atom is 0.149 e. The van der Waals surface area contributed by atoms with Gasteiger partial charge in [-0.05, 0) is 12.1 Å². The molecular formula is C6H5Cl2PS. The van der Waals surface area contributed by atoms with Crippen LogP contribution in [-0.2, 0) is 0 Å². The molecule has 0 saturated heterocycles. The molecule has 54 valence electrons. The summed E-state index contributed by atoms with van der Waals surface area (Å²) in [7, 11) is 0. The lowest BCUT2D eigenvalue weighted by molar-refractivity contribution is 1.48. The molecule has 0 aliphatic rings. The van der Waals surface area contributed by atoms with Crippen molar-refractivity contribution in [3.8, 4) is 0 Å². The lowest BCUT2D eigenvalue weighted by Gasteiger charge is -1.97. The summed E-state index contributed by atoms with van der Waals surface area (Å²) in [6.45, 7) is 0. The van der Waals surface area contributed by atoms with Gasteiger partial charge >= 0.3 is 0 Å². The average molecular weight is 211 g/mol. The van der Waals surface area contributed by atoms with Gasteiger partial charge in [-0.25, -0.2) is 0 Å². The molecule has 0 aliphatic carbocycles. The van der Waals surface area contributed by atoms with Crippen LogP contribution < -0.4 is 0 Å². The molecule has 0 unspecified atom stereocenters. The molecule has 4 heteroatoms. The summed E-state index contributed by atoms with van der Waals surface area (Å²) >= 11 is 12.7. The predicted octanol–water partition coefficient (Wildman–Crippen LogP) is 4.48. The molecule has 0 saturated carbocycles. The van der Waals surface area contributed by atoms with E-state index in [-0.39, 0.29) is 0 Å². The molecule has 0 atom stereocenters. The minimum Gasteiger partial charge on any atom is -0.0660 e. The second-order valence-electron chi connectivity index (χ2n) is 1.61. The largest absolute Gasteiger partial charge is 0.149 e. The van der Waals surface area contributed by atoms with Gasteiger partial charge in [-0.15, -0.1) is 0 Å². The second-order valence-corrected chi connectivity index (χ2v) is 8.06. The first-order valence-corrected chi connectivity index (χ1v) is 7.21. The Morgan fingerprint density at radius 1 is 1.10 bits per heavy atom. The Balaban J connectivity index is 2.59. The molecular weight excluding hydrogens is 206 g/mol. The van der Waals surface area contributed by atoms with Gasteiger partial charge in [-0.1, -0.05) is 52.1 Å². The molecule has 0 fully saturated rings. The molecule has 1 rings (SSSR count). The van der Waals surface area contributed by atoms with Crippen LogP contribution in [0.15, 0.2) is 35.2 Å². The first-order valence-electron chi connectivity index (χ1n) is 2.64. The fourth-order valence-electron chi connectivity index (χ4n) is 0.561. The lowest BCUT2D eigenvalue weighted by atomic mass is 10.4. The van der Waals surface area contributed by atoms with Crippen molar-refractivity contribution >= 4 is 39.7 Å². The molecule has 0 amide bonds. The predicted molar refractivity (Wildman–Crippen MR) is 50.9 cm³/mol. The fraction of sp³-hybridized carbons (Fsp3) is 0. The van der Waals surface area contributed by atoms with Crippen LogP contribution in [0.1, 0.15) is 0 Å². The molecule has 0 aliphatic heterocycles. The van der Waals surface area contributed by atoms with Crippen molar-refractivity contribution in [2.75, 3.05) is 0 Å². The topological polar surface area (TPSA) is 0 Å². The van der Waals surface area contributed by atoms with Gasteiger partial charge in [-0.2, -0.15) is 0 Å². The van der Waals surface area contributed by atoms with Crippen molar-refractivity contribution < 1.29 is 0 Å². The molecule has 1 aromatic rings. The lowest BCUT2D eigenvalue weighted by Crippen LogP contribution is -1.61. The number of hydrogen-bond donors (Lipinski definition) is 0. The Morgan fingerprint density at radius 3 is 2.20 bits per heavy atom. The van der Waals surface area contributed by atoms with E-state index in [1.54, 1.807) is 0 Å². The second kappa shape index (κ2) is 4.46. The van der Waals surface area contributed by atoms with E-state index >= 15 is 0 Å². The normalized spacial score (nSPS) is 10.3. The number of halogens is 2. The van der Waals surface area contributed by atoms with Crippen molar-refractivity contribution in [1.29, 1.82) is 0 Å². The number of hydrogen-bond acceptors (Lipinski definition) is 1. The Labute approximate surface area is 75.0 Å². The van der Waals surface area contributed by atoms with Crippen LogP contribution in [-0.4, -0.2) is 0 Å². The Bertz CT molecular complexity index is 190. The van der Waals surface area contributed by atoms with Crippen LogP contribution in [0.4, 0.5) is 0 Å². The fourth-order valence-corrected chi connectivity index (χ4v) is 3.28. The first kappa shape index (κ1) is 8.67. The molecule has 0 nitrogen and oxygen atoms in total. The van der Waals surface area contributed by atoms with E-state index < -0.39 is 5.83 Å². The molecule has 0 spiro atoms. The minimum absolute atomic E-state index is 0.916. The molecule has 0 N–H and O–H groups in total. The minimum atomic E-state index is -0.916. The van der Waals surface area contributed by atoms with Crippen LogP contribution >= 0.6 is 39.7 Å². The van der Waals surface area contributed by atoms with E-state index in [9.17, 15) is 0 Å². The SMILES string of the molecule is ClP(Cl)Sc1ccccc1. The van der Waals surface area contributed by atoms with E-state index in [2.05, 4.69) is 0 Å². The molecule has 0 radical (unpaired) electrons. The van der Waals surface area contributed by atoms with Gasteiger partial charge in [0.1, 0.15) is 5.83 Å². The summed E-state index contributed by atoms with van der Waals surface area (Å²) in [6.07, 6.45) is 0. The van der Waals surface area contributed by atoms with Crippen molar-refractivity contribution in [1.82, 2.24) is 0 Å². The summed E-state index contributed by atoms with van der Waals surface area (Å²) in [5.74, 6) is -0.916. The third kappa shape index (κ3) is 3.12. The van der Waals surface area contributed by atoms with Crippen molar-refractivity contribution in [3.63, 3.8) is 0 Å². The summed E-state index contributed by atoms with van der Waals surface area (Å²) in [4.78, 5) is 1.12. The standard InChI is InChI=1S/C6H5Cl2PS/c7-9(8)10-6-4-2-1-3-5-6/h1-5H. The molecule has 10 heavy (non-hydrogen) atoms. The van der Waals surface area contributed by atoms with Gasteiger partial charge in [0.25, 0.3) is 0 Å². The highest BCUT2D eigenvalue weighted by atomic mass is 35.9. The zero-order chi connectivity index (χ0) is 7.40. The highest BCUT2D eigenvalue weighted by Gasteiger charge is 1.99. The van der Waals surface area contributed by atoms with Crippen molar-refractivity contribution in [2.24, 2.45) is 0 Å². The smallest absolute Gasteiger partial charge is 0.0660 e. The van der Waals surface area contributed by atoms with Crippen LogP contribution in [0.5, 0.6) is 0 Å². The zero-order valence-electron chi connectivity index (χ0n) is 5.00. The maximum absolute atomic E-state index is 5.61. The highest BCUT2D eigenvalue weighted by Crippen LogP contribution is 2.62. The highest BCUT2D eigenvalue weighted by molar-refractivity contribution is 8.70. The van der Waals surface area contributed by atoms with Gasteiger partial charge in [0, 0.05) is 4.90 Å². The van der Waals surface area contributed by atoms with Crippen LogP contribution in [0.3, 0.4) is 0 Å². The van der Waals surface area contributed by atoms with E-state index in [4.69, 9.17) is 22.5 Å². The van der Waals surface area contributed by atoms with Gasteiger partial charge in [0.2, 0.25) is 0 Å². The maximum atomic E-state index is 5.61. The quantitative estimate of drug-likeness (QED) is 0.649. The van der Waals surface area contributed by atoms with E-state index in [1.807, 2.05) is 30.3 Å². The Morgan fingerprint density at radius 2 is 1.70 bits per heavy atom. The first-order chi connectivity index (χ1) is 4.79. The Kier molecular flexibility index (Phi) is 3.87. The summed E-state index contributed by atoms with van der Waals surface area (Å²) in [5, 5.41) is 0.